The molecule has 3 atom stereocenters. The molecule has 118 valence electrons. The van der Waals surface area contributed by atoms with Crippen molar-refractivity contribution in [2.24, 2.45) is 5.92 Å². The number of fused-ring (bicyclic) bond motifs is 1. The van der Waals surface area contributed by atoms with E-state index in [9.17, 15) is 0 Å². The number of hydrogen-bond acceptors (Lipinski definition) is 1. The van der Waals surface area contributed by atoms with E-state index in [1.165, 1.54) is 38.5 Å². The van der Waals surface area contributed by atoms with Crippen molar-refractivity contribution >= 4 is 16.1 Å². The van der Waals surface area contributed by atoms with Gasteiger partial charge in [-0.15, -0.1) is 0 Å². The lowest BCUT2D eigenvalue weighted by atomic mass is 9.88. The van der Waals surface area contributed by atoms with Gasteiger partial charge in [-0.3, -0.25) is 0 Å². The molecule has 1 heterocycles. The van der Waals surface area contributed by atoms with Gasteiger partial charge in [0.1, 0.15) is 0 Å². The van der Waals surface area contributed by atoms with Crippen LogP contribution in [0.2, 0.25) is 43.9 Å². The highest BCUT2D eigenvalue weighted by Gasteiger charge is 2.44. The molecule has 2 aliphatic rings. The average molecular weight is 313 g/mol. The summed E-state index contributed by atoms with van der Waals surface area (Å²) in [5.74, 6) is 0.992. The second kappa shape index (κ2) is 6.66. The van der Waals surface area contributed by atoms with Gasteiger partial charge in [-0.2, -0.15) is 0 Å². The Morgan fingerprint density at radius 3 is 2.30 bits per heavy atom. The third-order valence-corrected chi connectivity index (χ3v) is 16.5. The molecule has 1 saturated heterocycles. The summed E-state index contributed by atoms with van der Waals surface area (Å²) in [5, 5.41) is 0. The Morgan fingerprint density at radius 2 is 1.65 bits per heavy atom. The van der Waals surface area contributed by atoms with Crippen LogP contribution in [0.1, 0.15) is 45.4 Å². The van der Waals surface area contributed by atoms with Gasteiger partial charge in [0.25, 0.3) is 0 Å². The van der Waals surface area contributed by atoms with Crippen LogP contribution in [0.15, 0.2) is 0 Å². The molecule has 3 heteroatoms. The summed E-state index contributed by atoms with van der Waals surface area (Å²) in [6.07, 6.45) is 9.88. The van der Waals surface area contributed by atoms with Gasteiger partial charge in [0.05, 0.1) is 12.2 Å². The maximum absolute atomic E-state index is 5.68. The summed E-state index contributed by atoms with van der Waals surface area (Å²) in [6, 6.07) is 3.12. The van der Waals surface area contributed by atoms with Gasteiger partial charge >= 0.3 is 0 Å². The van der Waals surface area contributed by atoms with E-state index in [-0.39, 0.29) is 0 Å². The highest BCUT2D eigenvalue weighted by molar-refractivity contribution is 6.95. The quantitative estimate of drug-likeness (QED) is 0.414. The van der Waals surface area contributed by atoms with E-state index in [0.717, 1.165) is 5.92 Å². The van der Waals surface area contributed by atoms with Crippen molar-refractivity contribution in [3.63, 3.8) is 0 Å². The van der Waals surface area contributed by atoms with E-state index in [0.29, 0.717) is 12.2 Å². The van der Waals surface area contributed by atoms with E-state index in [4.69, 9.17) is 4.74 Å². The van der Waals surface area contributed by atoms with Crippen LogP contribution < -0.4 is 0 Å². The first-order valence-corrected chi connectivity index (χ1v) is 15.8. The van der Waals surface area contributed by atoms with Gasteiger partial charge in [0.2, 0.25) is 0 Å². The lowest BCUT2D eigenvalue weighted by Gasteiger charge is -2.33. The van der Waals surface area contributed by atoms with Gasteiger partial charge < -0.3 is 4.74 Å². The highest BCUT2D eigenvalue weighted by atomic mass is 28.4. The normalized spacial score (nSPS) is 30.1. The van der Waals surface area contributed by atoms with Crippen LogP contribution >= 0.6 is 0 Å². The smallest absolute Gasteiger partial charge is 0.0844 e. The fourth-order valence-electron chi connectivity index (χ4n) is 4.47. The monoisotopic (exact) mass is 312 g/mol. The largest absolute Gasteiger partial charge is 0.370 e. The Kier molecular flexibility index (Phi) is 5.58. The molecule has 1 saturated carbocycles. The van der Waals surface area contributed by atoms with E-state index in [1.54, 1.807) is 17.8 Å². The van der Waals surface area contributed by atoms with E-state index < -0.39 is 16.1 Å². The number of unbranched alkanes of at least 4 members (excludes halogenated alkanes) is 1. The van der Waals surface area contributed by atoms with Crippen molar-refractivity contribution in [2.45, 2.75) is 102 Å². The molecule has 2 fully saturated rings. The van der Waals surface area contributed by atoms with Crippen LogP contribution in [-0.2, 0) is 4.74 Å². The molecule has 1 aliphatic carbocycles. The van der Waals surface area contributed by atoms with Crippen LogP contribution in [0.25, 0.3) is 0 Å². The lowest BCUT2D eigenvalue weighted by Crippen LogP contribution is -2.39. The van der Waals surface area contributed by atoms with Crippen molar-refractivity contribution in [3.8, 4) is 0 Å². The first kappa shape index (κ1) is 16.8. The molecule has 0 aromatic heterocycles. The maximum atomic E-state index is 5.68. The zero-order valence-corrected chi connectivity index (χ0v) is 16.5. The molecule has 0 N–H and O–H groups in total. The number of hydrogen-bond donors (Lipinski definition) is 0. The summed E-state index contributed by atoms with van der Waals surface area (Å²) < 4.78 is 5.68. The summed E-state index contributed by atoms with van der Waals surface area (Å²) >= 11 is 0. The summed E-state index contributed by atoms with van der Waals surface area (Å²) in [5.41, 5.74) is 1.65. The van der Waals surface area contributed by atoms with Gasteiger partial charge in [0, 0.05) is 16.1 Å². The van der Waals surface area contributed by atoms with Crippen LogP contribution in [-0.4, -0.2) is 28.4 Å². The van der Waals surface area contributed by atoms with Crippen molar-refractivity contribution in [1.82, 2.24) is 0 Å². The van der Waals surface area contributed by atoms with Crippen LogP contribution in [0.5, 0.6) is 0 Å². The van der Waals surface area contributed by atoms with Crippen LogP contribution in [0.4, 0.5) is 0 Å². The first-order chi connectivity index (χ1) is 9.31. The van der Waals surface area contributed by atoms with Gasteiger partial charge in [0.15, 0.2) is 0 Å². The molecule has 0 radical (unpaired) electrons. The predicted molar refractivity (Wildman–Crippen MR) is 94.9 cm³/mol. The maximum Gasteiger partial charge on any atom is 0.0844 e. The molecule has 1 nitrogen and oxygen atoms in total. The molecule has 0 aromatic rings. The van der Waals surface area contributed by atoms with E-state index >= 15 is 0 Å². The molecular weight excluding hydrogens is 276 g/mol. The Bertz CT molecular complexity index is 314. The first-order valence-electron chi connectivity index (χ1n) is 8.97. The van der Waals surface area contributed by atoms with Crippen molar-refractivity contribution in [3.05, 3.63) is 0 Å². The van der Waals surface area contributed by atoms with E-state index in [1.807, 2.05) is 0 Å². The van der Waals surface area contributed by atoms with Gasteiger partial charge in [-0.05, 0) is 25.2 Å². The number of rotatable bonds is 8. The van der Waals surface area contributed by atoms with Crippen molar-refractivity contribution in [2.75, 3.05) is 0 Å². The summed E-state index contributed by atoms with van der Waals surface area (Å²) in [7, 11) is -1.87. The van der Waals surface area contributed by atoms with E-state index in [2.05, 4.69) is 33.1 Å². The minimum absolute atomic E-state index is 0.675. The number of ether oxygens (including phenoxy) is 1. The fourth-order valence-corrected chi connectivity index (χ4v) is 18.7. The molecular formula is C17H36OSi2. The molecule has 20 heavy (non-hydrogen) atoms. The summed E-state index contributed by atoms with van der Waals surface area (Å²) in [6.45, 7) is 12.9. The standard InChI is InChI=1S/C17H36OSi2/c1-6-7-11-19(2,3)14-20(4,5)12-10-15-8-9-16-17(13-15)18-16/h15-17H,6-14H2,1-5H3. The SMILES string of the molecule is CCCC[Si](C)(C)C[Si](C)(C)CCC1CCC2OC2C1. The average Bonchev–Trinajstić information content (AvgIpc) is 3.11. The highest BCUT2D eigenvalue weighted by Crippen LogP contribution is 2.42. The Morgan fingerprint density at radius 1 is 0.950 bits per heavy atom. The minimum atomic E-state index is -0.960. The fraction of sp³-hybridized carbons (Fsp3) is 1.00. The minimum Gasteiger partial charge on any atom is -0.370 e. The third-order valence-electron chi connectivity index (χ3n) is 5.51. The van der Waals surface area contributed by atoms with Crippen molar-refractivity contribution in [1.29, 1.82) is 0 Å². The molecule has 0 aromatic carbocycles. The summed E-state index contributed by atoms with van der Waals surface area (Å²) in [4.78, 5) is 0. The Labute approximate surface area is 128 Å². The van der Waals surface area contributed by atoms with Gasteiger partial charge in [-0.25, -0.2) is 0 Å². The lowest BCUT2D eigenvalue weighted by molar-refractivity contribution is 0.357. The molecule has 1 aliphatic heterocycles. The predicted octanol–water partition coefficient (Wildman–Crippen LogP) is 5.70. The Balaban J connectivity index is 1.71. The molecule has 0 bridgehead atoms. The van der Waals surface area contributed by atoms with Crippen LogP contribution in [0, 0.1) is 5.92 Å². The number of epoxide rings is 1. The third kappa shape index (κ3) is 5.30. The zero-order chi connectivity index (χ0) is 14.8. The molecule has 2 rings (SSSR count). The topological polar surface area (TPSA) is 12.5 Å². The molecule has 0 spiro atoms. The van der Waals surface area contributed by atoms with Gasteiger partial charge in [-0.1, -0.05) is 70.1 Å². The Hall–Kier alpha value is 0.394. The molecule has 0 amide bonds. The van der Waals surface area contributed by atoms with Crippen molar-refractivity contribution < 1.29 is 4.74 Å². The van der Waals surface area contributed by atoms with Crippen LogP contribution in [0.3, 0.4) is 0 Å². The second-order valence-electron chi connectivity index (χ2n) is 9.04. The zero-order valence-electron chi connectivity index (χ0n) is 14.5. The second-order valence-corrected chi connectivity index (χ2v) is 20.1. The molecule has 3 unspecified atom stereocenters.